The van der Waals surface area contributed by atoms with Gasteiger partial charge in [-0.25, -0.2) is 4.68 Å². The van der Waals surface area contributed by atoms with Crippen LogP contribution in [0.5, 0.6) is 0 Å². The third-order valence-corrected chi connectivity index (χ3v) is 5.86. The number of carbonyl (C=O) groups is 1. The Morgan fingerprint density at radius 1 is 1.30 bits per heavy atom. The molecule has 1 fully saturated rings. The van der Waals surface area contributed by atoms with Crippen molar-refractivity contribution in [1.82, 2.24) is 19.7 Å². The van der Waals surface area contributed by atoms with Gasteiger partial charge in [0.25, 0.3) is 5.91 Å². The van der Waals surface area contributed by atoms with Crippen LogP contribution in [-0.4, -0.2) is 58.0 Å². The maximum absolute atomic E-state index is 13.6. The molecule has 2 aliphatic rings. The van der Waals surface area contributed by atoms with E-state index in [0.717, 1.165) is 29.4 Å². The van der Waals surface area contributed by atoms with Crippen LogP contribution >= 0.6 is 0 Å². The van der Waals surface area contributed by atoms with E-state index in [1.807, 2.05) is 12.1 Å². The number of carbonyl (C=O) groups excluding carboxylic acids is 1. The number of benzene rings is 1. The van der Waals surface area contributed by atoms with Crippen LogP contribution in [0, 0.1) is 5.92 Å². The van der Waals surface area contributed by atoms with Gasteiger partial charge in [-0.3, -0.25) is 4.79 Å². The van der Waals surface area contributed by atoms with E-state index in [2.05, 4.69) is 15.4 Å². The minimum absolute atomic E-state index is 0.0919. The summed E-state index contributed by atoms with van der Waals surface area (Å²) < 4.78 is 46.7. The summed E-state index contributed by atoms with van der Waals surface area (Å²) in [6.07, 6.45) is -1.89. The molecule has 0 saturated carbocycles. The van der Waals surface area contributed by atoms with Gasteiger partial charge in [0.05, 0.1) is 6.61 Å². The summed E-state index contributed by atoms with van der Waals surface area (Å²) in [6, 6.07) is 5.10. The molecule has 3 heterocycles. The molecule has 0 aliphatic carbocycles. The molecule has 1 amide bonds. The van der Waals surface area contributed by atoms with Crippen LogP contribution in [-0.2, 0) is 11.3 Å². The van der Waals surface area contributed by atoms with Gasteiger partial charge in [0.1, 0.15) is 6.33 Å². The molecule has 3 atom stereocenters. The molecule has 1 saturated heterocycles. The third kappa shape index (κ3) is 4.14. The van der Waals surface area contributed by atoms with Crippen molar-refractivity contribution in [2.24, 2.45) is 5.92 Å². The molecule has 1 aromatic carbocycles. The van der Waals surface area contributed by atoms with Gasteiger partial charge >= 0.3 is 6.18 Å². The molecule has 4 rings (SSSR count). The first kappa shape index (κ1) is 20.6. The largest absolute Gasteiger partial charge is 0.411 e. The average Bonchev–Trinajstić information content (AvgIpc) is 3.21. The molecule has 1 aromatic heterocycles. The van der Waals surface area contributed by atoms with Crippen molar-refractivity contribution in [3.63, 3.8) is 0 Å². The number of anilines is 1. The molecule has 2 aliphatic heterocycles. The molecule has 0 spiro atoms. The highest BCUT2D eigenvalue weighted by Gasteiger charge is 2.48. The van der Waals surface area contributed by atoms with E-state index < -0.39 is 18.3 Å². The number of aromatic nitrogens is 3. The molecule has 1 unspecified atom stereocenters. The topological polar surface area (TPSA) is 72.3 Å². The van der Waals surface area contributed by atoms with Gasteiger partial charge in [0.2, 0.25) is 5.95 Å². The van der Waals surface area contributed by atoms with Gasteiger partial charge in [-0.15, -0.1) is 0 Å². The quantitative estimate of drug-likeness (QED) is 0.817. The molecule has 30 heavy (non-hydrogen) atoms. The number of nitrogens with zero attached hydrogens (tertiary/aromatic N) is 4. The number of rotatable bonds is 4. The molecule has 1 N–H and O–H groups in total. The molecular weight excluding hydrogens is 399 g/mol. The zero-order valence-corrected chi connectivity index (χ0v) is 16.6. The number of halogens is 3. The summed E-state index contributed by atoms with van der Waals surface area (Å²) >= 11 is 0. The summed E-state index contributed by atoms with van der Waals surface area (Å²) in [5.41, 5.74) is 1.54. The lowest BCUT2D eigenvalue weighted by Gasteiger charge is -2.41. The standard InChI is InChI=1S/C20H24F3N5O2/c1-30-11-13-4-6-14(7-5-13)18(29)27-8-2-3-15(10-27)16-9-17(20(21,22)23)28-19(26-16)24-12-25-28/h4-7,12,15-17H,2-3,8-11H2,1H3,(H,24,25,26)/t15?,16-,17+/m0/s1. The van der Waals surface area contributed by atoms with Crippen LogP contribution in [0.25, 0.3) is 0 Å². The summed E-state index contributed by atoms with van der Waals surface area (Å²) in [5.74, 6) is -0.0634. The Balaban J connectivity index is 1.47. The first-order valence-electron chi connectivity index (χ1n) is 9.96. The van der Waals surface area contributed by atoms with Crippen molar-refractivity contribution < 1.29 is 22.7 Å². The third-order valence-electron chi connectivity index (χ3n) is 5.86. The van der Waals surface area contributed by atoms with Crippen molar-refractivity contribution >= 4 is 11.9 Å². The van der Waals surface area contributed by atoms with E-state index in [0.29, 0.717) is 25.3 Å². The van der Waals surface area contributed by atoms with Gasteiger partial charge in [-0.05, 0) is 42.9 Å². The first-order valence-corrected chi connectivity index (χ1v) is 9.96. The number of hydrogen-bond donors (Lipinski definition) is 1. The number of methoxy groups -OCH3 is 1. The zero-order chi connectivity index (χ0) is 21.3. The smallest absolute Gasteiger partial charge is 0.380 e. The minimum atomic E-state index is -4.41. The highest BCUT2D eigenvalue weighted by Crippen LogP contribution is 2.40. The molecule has 162 valence electrons. The lowest BCUT2D eigenvalue weighted by Crippen LogP contribution is -2.49. The van der Waals surface area contributed by atoms with Crippen LogP contribution in [0.4, 0.5) is 19.1 Å². The number of alkyl halides is 3. The highest BCUT2D eigenvalue weighted by molar-refractivity contribution is 5.94. The van der Waals surface area contributed by atoms with Gasteiger partial charge in [0.15, 0.2) is 6.04 Å². The Hall–Kier alpha value is -2.62. The fourth-order valence-corrected chi connectivity index (χ4v) is 4.34. The molecule has 2 aromatic rings. The lowest BCUT2D eigenvalue weighted by atomic mass is 9.85. The summed E-state index contributed by atoms with van der Waals surface area (Å²) in [5, 5.41) is 6.84. The number of ether oxygens (including phenoxy) is 1. The number of hydrogen-bond acceptors (Lipinski definition) is 5. The van der Waals surface area contributed by atoms with Crippen molar-refractivity contribution in [3.05, 3.63) is 41.7 Å². The van der Waals surface area contributed by atoms with Gasteiger partial charge in [-0.2, -0.15) is 23.3 Å². The van der Waals surface area contributed by atoms with Crippen LogP contribution in [0.3, 0.4) is 0 Å². The Kier molecular flexibility index (Phi) is 5.68. The number of likely N-dealkylation sites (tertiary alicyclic amines) is 1. The highest BCUT2D eigenvalue weighted by atomic mass is 19.4. The Morgan fingerprint density at radius 2 is 2.07 bits per heavy atom. The van der Waals surface area contributed by atoms with Crippen LogP contribution in [0.15, 0.2) is 30.6 Å². The number of fused-ring (bicyclic) bond motifs is 1. The Bertz CT molecular complexity index is 883. The number of piperidine rings is 1. The van der Waals surface area contributed by atoms with Gasteiger partial charge in [-0.1, -0.05) is 12.1 Å². The van der Waals surface area contributed by atoms with Crippen molar-refractivity contribution in [2.75, 3.05) is 25.5 Å². The predicted octanol–water partition coefficient (Wildman–Crippen LogP) is 3.26. The van der Waals surface area contributed by atoms with Gasteiger partial charge < -0.3 is 15.0 Å². The van der Waals surface area contributed by atoms with Crippen molar-refractivity contribution in [1.29, 1.82) is 0 Å². The normalized spacial score (nSPS) is 24.3. The summed E-state index contributed by atoms with van der Waals surface area (Å²) in [7, 11) is 1.61. The lowest BCUT2D eigenvalue weighted by molar-refractivity contribution is -0.174. The molecule has 0 radical (unpaired) electrons. The second-order valence-corrected chi connectivity index (χ2v) is 7.86. The SMILES string of the molecule is COCc1ccc(C(=O)N2CCCC([C@@H]3C[C@H](C(F)(F)F)n4ncnc4N3)C2)cc1. The fraction of sp³-hybridized carbons (Fsp3) is 0.550. The van der Waals surface area contributed by atoms with Crippen LogP contribution in [0.2, 0.25) is 0 Å². The van der Waals surface area contributed by atoms with Gasteiger partial charge in [0, 0.05) is 31.8 Å². The predicted molar refractivity (Wildman–Crippen MR) is 103 cm³/mol. The van der Waals surface area contributed by atoms with E-state index in [1.54, 1.807) is 24.1 Å². The molecule has 7 nitrogen and oxygen atoms in total. The summed E-state index contributed by atoms with van der Waals surface area (Å²) in [6.45, 7) is 1.48. The fourth-order valence-electron chi connectivity index (χ4n) is 4.34. The van der Waals surface area contributed by atoms with Crippen molar-refractivity contribution in [2.45, 2.75) is 44.1 Å². The average molecular weight is 423 g/mol. The van der Waals surface area contributed by atoms with E-state index in [9.17, 15) is 18.0 Å². The summed E-state index contributed by atoms with van der Waals surface area (Å²) in [4.78, 5) is 18.6. The first-order chi connectivity index (χ1) is 14.4. The second-order valence-electron chi connectivity index (χ2n) is 7.86. The van der Waals surface area contributed by atoms with Crippen molar-refractivity contribution in [3.8, 4) is 0 Å². The van der Waals surface area contributed by atoms with Crippen LogP contribution < -0.4 is 5.32 Å². The van der Waals surface area contributed by atoms with E-state index in [1.165, 1.54) is 0 Å². The van der Waals surface area contributed by atoms with E-state index in [-0.39, 0.29) is 24.2 Å². The maximum atomic E-state index is 13.6. The second kappa shape index (κ2) is 8.25. The minimum Gasteiger partial charge on any atom is -0.380 e. The molecule has 0 bridgehead atoms. The van der Waals surface area contributed by atoms with E-state index >= 15 is 0 Å². The Morgan fingerprint density at radius 3 is 2.77 bits per heavy atom. The Labute approximate surface area is 172 Å². The molecule has 10 heteroatoms. The monoisotopic (exact) mass is 423 g/mol. The van der Waals surface area contributed by atoms with Crippen LogP contribution in [0.1, 0.15) is 41.2 Å². The number of amides is 1. The van der Waals surface area contributed by atoms with E-state index in [4.69, 9.17) is 4.74 Å². The zero-order valence-electron chi connectivity index (χ0n) is 16.6. The molecular formula is C20H24F3N5O2. The maximum Gasteiger partial charge on any atom is 0.411 e. The number of nitrogens with one attached hydrogen (secondary N) is 1.